The molecule has 0 aliphatic heterocycles. The molecule has 102 valence electrons. The first-order valence-electron chi connectivity index (χ1n) is 6.86. The average Bonchev–Trinajstić information content (AvgIpc) is 2.87. The van der Waals surface area contributed by atoms with E-state index in [0.29, 0.717) is 0 Å². The van der Waals surface area contributed by atoms with Gasteiger partial charge in [0.2, 0.25) is 0 Å². The second-order valence-electron chi connectivity index (χ2n) is 4.16. The maximum Gasteiger partial charge on any atom is 0.191 e. The van der Waals surface area contributed by atoms with Gasteiger partial charge >= 0.3 is 0 Å². The summed E-state index contributed by atoms with van der Waals surface area (Å²) in [6.07, 6.45) is 7.40. The van der Waals surface area contributed by atoms with Gasteiger partial charge in [-0.25, -0.2) is 0 Å². The van der Waals surface area contributed by atoms with Crippen molar-refractivity contribution in [3.8, 4) is 0 Å². The highest BCUT2D eigenvalue weighted by atomic mass is 15.3. The SMILES string of the molecule is CCCCCN=C(NCC)NCCn1cccn1. The summed E-state index contributed by atoms with van der Waals surface area (Å²) in [5.74, 6) is 0.903. The molecule has 0 atom stereocenters. The molecule has 1 aromatic rings. The first-order valence-corrected chi connectivity index (χ1v) is 6.86. The number of guanidine groups is 1. The highest BCUT2D eigenvalue weighted by Crippen LogP contribution is 1.93. The van der Waals surface area contributed by atoms with E-state index >= 15 is 0 Å². The Morgan fingerprint density at radius 3 is 2.83 bits per heavy atom. The number of aliphatic imine (C=N–C) groups is 1. The van der Waals surface area contributed by atoms with Crippen LogP contribution >= 0.6 is 0 Å². The lowest BCUT2D eigenvalue weighted by Gasteiger charge is -2.11. The summed E-state index contributed by atoms with van der Waals surface area (Å²) in [7, 11) is 0. The van der Waals surface area contributed by atoms with E-state index in [4.69, 9.17) is 0 Å². The van der Waals surface area contributed by atoms with Gasteiger partial charge in [-0.2, -0.15) is 5.10 Å². The molecule has 18 heavy (non-hydrogen) atoms. The van der Waals surface area contributed by atoms with E-state index in [2.05, 4.69) is 34.6 Å². The van der Waals surface area contributed by atoms with Crippen LogP contribution < -0.4 is 10.6 Å². The molecule has 0 aliphatic carbocycles. The first kappa shape index (κ1) is 14.5. The zero-order chi connectivity index (χ0) is 13.1. The van der Waals surface area contributed by atoms with Crippen LogP contribution in [0.2, 0.25) is 0 Å². The molecular formula is C13H25N5. The lowest BCUT2D eigenvalue weighted by atomic mass is 10.2. The molecule has 1 aromatic heterocycles. The minimum Gasteiger partial charge on any atom is -0.357 e. The van der Waals surface area contributed by atoms with E-state index in [1.807, 2.05) is 16.9 Å². The van der Waals surface area contributed by atoms with Crippen molar-refractivity contribution >= 4 is 5.96 Å². The zero-order valence-corrected chi connectivity index (χ0v) is 11.5. The average molecular weight is 251 g/mol. The van der Waals surface area contributed by atoms with Gasteiger partial charge in [-0.15, -0.1) is 0 Å². The summed E-state index contributed by atoms with van der Waals surface area (Å²) < 4.78 is 1.91. The lowest BCUT2D eigenvalue weighted by molar-refractivity contribution is 0.597. The van der Waals surface area contributed by atoms with Crippen molar-refractivity contribution in [3.63, 3.8) is 0 Å². The third-order valence-corrected chi connectivity index (χ3v) is 2.57. The van der Waals surface area contributed by atoms with Crippen LogP contribution in [-0.4, -0.2) is 35.4 Å². The molecule has 0 bridgehead atoms. The lowest BCUT2D eigenvalue weighted by Crippen LogP contribution is -2.39. The highest BCUT2D eigenvalue weighted by Gasteiger charge is 1.96. The van der Waals surface area contributed by atoms with Crippen molar-refractivity contribution in [1.82, 2.24) is 20.4 Å². The van der Waals surface area contributed by atoms with Gasteiger partial charge in [-0.1, -0.05) is 19.8 Å². The second kappa shape index (κ2) is 9.50. The second-order valence-corrected chi connectivity index (χ2v) is 4.16. The zero-order valence-electron chi connectivity index (χ0n) is 11.5. The Kier molecular flexibility index (Phi) is 7.68. The topological polar surface area (TPSA) is 54.2 Å². The smallest absolute Gasteiger partial charge is 0.191 e. The van der Waals surface area contributed by atoms with E-state index in [1.165, 1.54) is 12.8 Å². The van der Waals surface area contributed by atoms with E-state index in [-0.39, 0.29) is 0 Å². The number of unbranched alkanes of at least 4 members (excludes halogenated alkanes) is 2. The van der Waals surface area contributed by atoms with E-state index < -0.39 is 0 Å². The molecule has 0 saturated carbocycles. The molecule has 2 N–H and O–H groups in total. The maximum absolute atomic E-state index is 4.53. The van der Waals surface area contributed by atoms with Gasteiger partial charge in [0.25, 0.3) is 0 Å². The van der Waals surface area contributed by atoms with Gasteiger partial charge in [0.05, 0.1) is 6.54 Å². The third-order valence-electron chi connectivity index (χ3n) is 2.57. The molecule has 1 heterocycles. The van der Waals surface area contributed by atoms with Crippen LogP contribution in [0.5, 0.6) is 0 Å². The van der Waals surface area contributed by atoms with Crippen molar-refractivity contribution < 1.29 is 0 Å². The number of nitrogens with zero attached hydrogens (tertiary/aromatic N) is 3. The number of hydrogen-bond acceptors (Lipinski definition) is 2. The van der Waals surface area contributed by atoms with E-state index in [9.17, 15) is 0 Å². The molecule has 0 amide bonds. The molecule has 0 spiro atoms. The van der Waals surface area contributed by atoms with Crippen molar-refractivity contribution in [3.05, 3.63) is 18.5 Å². The summed E-state index contributed by atoms with van der Waals surface area (Å²) in [6, 6.07) is 1.93. The van der Waals surface area contributed by atoms with Gasteiger partial charge in [-0.3, -0.25) is 9.67 Å². The third kappa shape index (κ3) is 6.27. The summed E-state index contributed by atoms with van der Waals surface area (Å²) in [6.45, 7) is 7.76. The Balaban J connectivity index is 2.23. The summed E-state index contributed by atoms with van der Waals surface area (Å²) in [5, 5.41) is 10.7. The standard InChI is InChI=1S/C13H25N5/c1-3-5-6-8-15-13(14-4-2)16-10-12-18-11-7-9-17-18/h7,9,11H,3-6,8,10,12H2,1-2H3,(H2,14,15,16). The van der Waals surface area contributed by atoms with Gasteiger partial charge in [0.1, 0.15) is 0 Å². The van der Waals surface area contributed by atoms with E-state index in [0.717, 1.165) is 38.6 Å². The van der Waals surface area contributed by atoms with Crippen LogP contribution in [0, 0.1) is 0 Å². The molecule has 0 aromatic carbocycles. The van der Waals surface area contributed by atoms with Crippen LogP contribution in [0.1, 0.15) is 33.1 Å². The predicted molar refractivity (Wildman–Crippen MR) is 75.7 cm³/mol. The van der Waals surface area contributed by atoms with Crippen LogP contribution in [0.25, 0.3) is 0 Å². The van der Waals surface area contributed by atoms with E-state index in [1.54, 1.807) is 6.20 Å². The molecule has 0 fully saturated rings. The van der Waals surface area contributed by atoms with Crippen LogP contribution in [0.15, 0.2) is 23.5 Å². The molecule has 5 heteroatoms. The molecule has 0 unspecified atom stereocenters. The Morgan fingerprint density at radius 1 is 1.28 bits per heavy atom. The monoisotopic (exact) mass is 251 g/mol. The summed E-state index contributed by atoms with van der Waals surface area (Å²) >= 11 is 0. The summed E-state index contributed by atoms with van der Waals surface area (Å²) in [4.78, 5) is 4.53. The number of nitrogens with one attached hydrogen (secondary N) is 2. The largest absolute Gasteiger partial charge is 0.357 e. The van der Waals surface area contributed by atoms with Gasteiger partial charge in [0.15, 0.2) is 5.96 Å². The quantitative estimate of drug-likeness (QED) is 0.419. The Bertz CT molecular complexity index is 318. The van der Waals surface area contributed by atoms with Crippen LogP contribution in [0.3, 0.4) is 0 Å². The van der Waals surface area contributed by atoms with Crippen LogP contribution in [0.4, 0.5) is 0 Å². The fourth-order valence-electron chi connectivity index (χ4n) is 1.62. The Labute approximate surface area is 110 Å². The number of hydrogen-bond donors (Lipinski definition) is 2. The molecule has 0 saturated heterocycles. The first-order chi connectivity index (χ1) is 8.86. The Hall–Kier alpha value is -1.52. The van der Waals surface area contributed by atoms with Crippen molar-refractivity contribution in [1.29, 1.82) is 0 Å². The van der Waals surface area contributed by atoms with Crippen molar-refractivity contribution in [2.24, 2.45) is 4.99 Å². The maximum atomic E-state index is 4.53. The van der Waals surface area contributed by atoms with Crippen LogP contribution in [-0.2, 0) is 6.54 Å². The fraction of sp³-hybridized carbons (Fsp3) is 0.692. The minimum atomic E-state index is 0.835. The summed E-state index contributed by atoms with van der Waals surface area (Å²) in [5.41, 5.74) is 0. The Morgan fingerprint density at radius 2 is 2.17 bits per heavy atom. The number of aromatic nitrogens is 2. The van der Waals surface area contributed by atoms with Crippen molar-refractivity contribution in [2.75, 3.05) is 19.6 Å². The molecule has 5 nitrogen and oxygen atoms in total. The molecule has 0 radical (unpaired) electrons. The highest BCUT2D eigenvalue weighted by molar-refractivity contribution is 5.79. The number of rotatable bonds is 8. The molecular weight excluding hydrogens is 226 g/mol. The predicted octanol–water partition coefficient (Wildman–Crippen LogP) is 1.63. The van der Waals surface area contributed by atoms with Gasteiger partial charge in [-0.05, 0) is 19.4 Å². The normalized spacial score (nSPS) is 11.6. The fourth-order valence-corrected chi connectivity index (χ4v) is 1.62. The van der Waals surface area contributed by atoms with Gasteiger partial charge in [0, 0.05) is 32.0 Å². The molecule has 1 rings (SSSR count). The minimum absolute atomic E-state index is 0.835. The molecule has 0 aliphatic rings. The van der Waals surface area contributed by atoms with Gasteiger partial charge < -0.3 is 10.6 Å². The van der Waals surface area contributed by atoms with Crippen molar-refractivity contribution in [2.45, 2.75) is 39.7 Å².